The fraction of sp³-hybridized carbons (Fsp3) is 0.857. The van der Waals surface area contributed by atoms with Crippen LogP contribution in [0.5, 0.6) is 0 Å². The number of nitrogens with zero attached hydrogens (tertiary/aromatic N) is 1. The molecule has 0 bridgehead atoms. The number of fused-ring (bicyclic) bond motifs is 1. The van der Waals surface area contributed by atoms with Crippen molar-refractivity contribution in [2.24, 2.45) is 28.8 Å². The second-order valence-corrected chi connectivity index (χ2v) is 11.5. The van der Waals surface area contributed by atoms with E-state index >= 15 is 0 Å². The minimum absolute atomic E-state index is 0.0697. The minimum atomic E-state index is -0.231. The van der Waals surface area contributed by atoms with Gasteiger partial charge in [-0.25, -0.2) is 0 Å². The summed E-state index contributed by atoms with van der Waals surface area (Å²) in [6, 6.07) is -0.231. The van der Waals surface area contributed by atoms with E-state index in [-0.39, 0.29) is 17.6 Å². The Hall–Kier alpha value is -1.12. The normalized spacial score (nSPS) is 28.1. The van der Waals surface area contributed by atoms with E-state index in [1.54, 1.807) is 0 Å². The van der Waals surface area contributed by atoms with Crippen LogP contribution < -0.4 is 0 Å². The molecule has 178 valence electrons. The first-order valence-electron chi connectivity index (χ1n) is 13.1. The van der Waals surface area contributed by atoms with Crippen LogP contribution in [0.25, 0.3) is 0 Å². The molecule has 0 saturated carbocycles. The molecule has 1 heterocycles. The lowest BCUT2D eigenvalue weighted by Crippen LogP contribution is -2.36. The monoisotopic (exact) mass is 431 g/mol. The third-order valence-corrected chi connectivity index (χ3v) is 7.89. The van der Waals surface area contributed by atoms with Gasteiger partial charge in [0.15, 0.2) is 0 Å². The summed E-state index contributed by atoms with van der Waals surface area (Å²) >= 11 is 0. The Balaban J connectivity index is 1.69. The minimum Gasteiger partial charge on any atom is -0.487 e. The average Bonchev–Trinajstić information content (AvgIpc) is 2.71. The number of rotatable bonds is 13. The first-order chi connectivity index (χ1) is 14.6. The molecular weight excluding hydrogens is 382 g/mol. The number of allylic oxidation sites excluding steroid dienone is 1. The fourth-order valence-electron chi connectivity index (χ4n) is 5.28. The van der Waals surface area contributed by atoms with Crippen LogP contribution in [0.4, 0.5) is 0 Å². The fourth-order valence-corrected chi connectivity index (χ4v) is 5.28. The molecule has 2 rings (SSSR count). The van der Waals surface area contributed by atoms with Crippen LogP contribution in [0, 0.1) is 28.6 Å². The van der Waals surface area contributed by atoms with Crippen LogP contribution in [0.3, 0.4) is 0 Å². The maximum Gasteiger partial charge on any atom is 0.122 e. The molecule has 0 spiro atoms. The Morgan fingerprint density at radius 2 is 1.61 bits per heavy atom. The Labute approximate surface area is 192 Å². The quantitative estimate of drug-likeness (QED) is 0.273. The zero-order valence-corrected chi connectivity index (χ0v) is 21.5. The second-order valence-electron chi connectivity index (χ2n) is 11.5. The molecule has 1 aliphatic carbocycles. The molecule has 0 N–H and O–H groups in total. The van der Waals surface area contributed by atoms with Crippen LogP contribution in [0.15, 0.2) is 28.2 Å². The van der Waals surface area contributed by atoms with E-state index in [4.69, 9.17) is 4.74 Å². The van der Waals surface area contributed by atoms with Gasteiger partial charge in [-0.15, -0.1) is 0 Å². The summed E-state index contributed by atoms with van der Waals surface area (Å²) in [6.07, 6.45) is 16.1. The Morgan fingerprint density at radius 3 is 2.19 bits per heavy atom. The summed E-state index contributed by atoms with van der Waals surface area (Å²) < 4.78 is 6.57. The molecule has 0 aromatic heterocycles. The first-order valence-corrected chi connectivity index (χ1v) is 13.1. The van der Waals surface area contributed by atoms with Crippen molar-refractivity contribution in [1.82, 2.24) is 0 Å². The predicted octanol–water partition coefficient (Wildman–Crippen LogP) is 8.98. The van der Waals surface area contributed by atoms with Crippen molar-refractivity contribution in [2.45, 2.75) is 131 Å². The second kappa shape index (κ2) is 12.2. The molecule has 0 aromatic carbocycles. The van der Waals surface area contributed by atoms with Gasteiger partial charge in [-0.05, 0) is 74.5 Å². The molecule has 0 amide bonds. The van der Waals surface area contributed by atoms with E-state index in [1.807, 2.05) is 6.08 Å². The van der Waals surface area contributed by atoms with Crippen LogP contribution in [0.1, 0.15) is 119 Å². The van der Waals surface area contributed by atoms with Gasteiger partial charge in [0.1, 0.15) is 17.4 Å². The highest BCUT2D eigenvalue weighted by Gasteiger charge is 2.37. The topological polar surface area (TPSA) is 38.7 Å². The zero-order valence-electron chi connectivity index (χ0n) is 21.5. The van der Waals surface area contributed by atoms with E-state index in [9.17, 15) is 4.91 Å². The third-order valence-electron chi connectivity index (χ3n) is 7.89. The van der Waals surface area contributed by atoms with Crippen molar-refractivity contribution in [2.75, 3.05) is 0 Å². The van der Waals surface area contributed by atoms with Crippen molar-refractivity contribution < 1.29 is 4.74 Å². The predicted molar refractivity (Wildman–Crippen MR) is 133 cm³/mol. The third kappa shape index (κ3) is 8.06. The molecule has 3 heteroatoms. The highest BCUT2D eigenvalue weighted by molar-refractivity contribution is 5.39. The summed E-state index contributed by atoms with van der Waals surface area (Å²) in [5.41, 5.74) is 2.33. The highest BCUT2D eigenvalue weighted by atomic mass is 16.5. The van der Waals surface area contributed by atoms with E-state index in [0.717, 1.165) is 42.8 Å². The van der Waals surface area contributed by atoms with Gasteiger partial charge in [-0.1, -0.05) is 84.7 Å². The van der Waals surface area contributed by atoms with E-state index in [2.05, 4.69) is 53.6 Å². The highest BCUT2D eigenvalue weighted by Crippen LogP contribution is 2.43. The standard InChI is InChI=1S/C28H49NO2/c1-20(2)11-8-12-21(3)13-9-14-22(4)15-10-17-28(7)18-16-25-19-26(29-30)23(5)24(6)27(25)31-28/h19-23,26H,8-18H2,1-7H3. The van der Waals surface area contributed by atoms with Crippen LogP contribution in [-0.2, 0) is 4.74 Å². The summed E-state index contributed by atoms with van der Waals surface area (Å²) in [5.74, 6) is 3.73. The molecule has 5 atom stereocenters. The lowest BCUT2D eigenvalue weighted by atomic mass is 9.79. The molecule has 0 radical (unpaired) electrons. The zero-order chi connectivity index (χ0) is 23.0. The molecular formula is C28H49NO2. The smallest absolute Gasteiger partial charge is 0.122 e. The van der Waals surface area contributed by atoms with Crippen molar-refractivity contribution in [3.8, 4) is 0 Å². The van der Waals surface area contributed by atoms with E-state index in [1.165, 1.54) is 62.5 Å². The molecule has 5 unspecified atom stereocenters. The molecule has 2 aliphatic rings. The van der Waals surface area contributed by atoms with Crippen LogP contribution in [0.2, 0.25) is 0 Å². The van der Waals surface area contributed by atoms with Gasteiger partial charge in [0, 0.05) is 5.92 Å². The van der Waals surface area contributed by atoms with Crippen molar-refractivity contribution >= 4 is 0 Å². The summed E-state index contributed by atoms with van der Waals surface area (Å²) in [6.45, 7) is 16.0. The van der Waals surface area contributed by atoms with Crippen LogP contribution in [-0.4, -0.2) is 11.6 Å². The number of hydrogen-bond donors (Lipinski definition) is 0. The Bertz CT molecular complexity index is 635. The average molecular weight is 432 g/mol. The van der Waals surface area contributed by atoms with Gasteiger partial charge in [0.25, 0.3) is 0 Å². The van der Waals surface area contributed by atoms with Gasteiger partial charge < -0.3 is 4.74 Å². The van der Waals surface area contributed by atoms with Gasteiger partial charge in [-0.2, -0.15) is 4.91 Å². The summed E-state index contributed by atoms with van der Waals surface area (Å²) in [7, 11) is 0. The van der Waals surface area contributed by atoms with E-state index < -0.39 is 0 Å². The van der Waals surface area contributed by atoms with Gasteiger partial charge in [0.2, 0.25) is 0 Å². The molecule has 1 aliphatic heterocycles. The number of hydrogen-bond acceptors (Lipinski definition) is 3. The molecule has 1 saturated heterocycles. The Kier molecular flexibility index (Phi) is 10.3. The SMILES string of the molecule is CC1=C2OC(C)(CCCC(C)CCCC(C)CCCC(C)C)CCC2=CC(N=O)C1C. The molecule has 31 heavy (non-hydrogen) atoms. The maximum absolute atomic E-state index is 11.1. The number of nitroso groups, excluding NO2 is 1. The lowest BCUT2D eigenvalue weighted by Gasteiger charge is -2.41. The molecule has 3 nitrogen and oxygen atoms in total. The van der Waals surface area contributed by atoms with Gasteiger partial charge >= 0.3 is 0 Å². The van der Waals surface area contributed by atoms with Gasteiger partial charge in [0.05, 0.1) is 0 Å². The Morgan fingerprint density at radius 1 is 1.03 bits per heavy atom. The maximum atomic E-state index is 11.1. The first kappa shape index (κ1) is 26.1. The number of ether oxygens (including phenoxy) is 1. The van der Waals surface area contributed by atoms with Crippen molar-refractivity contribution in [3.63, 3.8) is 0 Å². The van der Waals surface area contributed by atoms with Crippen LogP contribution >= 0.6 is 0 Å². The summed E-state index contributed by atoms with van der Waals surface area (Å²) in [5, 5.41) is 3.32. The largest absolute Gasteiger partial charge is 0.487 e. The molecule has 0 aromatic rings. The van der Waals surface area contributed by atoms with Crippen molar-refractivity contribution in [3.05, 3.63) is 27.9 Å². The lowest BCUT2D eigenvalue weighted by molar-refractivity contribution is -0.0142. The summed E-state index contributed by atoms with van der Waals surface area (Å²) in [4.78, 5) is 11.1. The van der Waals surface area contributed by atoms with E-state index in [0.29, 0.717) is 0 Å². The van der Waals surface area contributed by atoms with Gasteiger partial charge in [-0.3, -0.25) is 0 Å². The van der Waals surface area contributed by atoms with Crippen molar-refractivity contribution in [1.29, 1.82) is 0 Å². The molecule has 1 fully saturated rings.